The Morgan fingerprint density at radius 1 is 1.02 bits per heavy atom. The van der Waals surface area contributed by atoms with Gasteiger partial charge in [0.15, 0.2) is 0 Å². The highest BCUT2D eigenvalue weighted by atomic mass is 32.2. The summed E-state index contributed by atoms with van der Waals surface area (Å²) in [5.74, 6) is -2.79. The highest BCUT2D eigenvalue weighted by molar-refractivity contribution is 7.92. The summed E-state index contributed by atoms with van der Waals surface area (Å²) >= 11 is 0. The zero-order valence-corrected chi connectivity index (χ0v) is 24.3. The van der Waals surface area contributed by atoms with Crippen molar-refractivity contribution in [2.45, 2.75) is 33.3 Å². The molecule has 41 heavy (non-hydrogen) atoms. The third-order valence-electron chi connectivity index (χ3n) is 6.20. The second-order valence-corrected chi connectivity index (χ2v) is 12.3. The summed E-state index contributed by atoms with van der Waals surface area (Å²) in [6.07, 6.45) is 0.988. The maximum absolute atomic E-state index is 16.8. The number of carbonyl (C=O) groups is 2. The third-order valence-corrected chi connectivity index (χ3v) is 7.46. The molecule has 216 valence electrons. The van der Waals surface area contributed by atoms with E-state index in [0.29, 0.717) is 5.56 Å². The van der Waals surface area contributed by atoms with Crippen LogP contribution in [-0.4, -0.2) is 45.7 Å². The summed E-state index contributed by atoms with van der Waals surface area (Å²) in [4.78, 5) is 25.9. The molecule has 0 radical (unpaired) electrons. The van der Waals surface area contributed by atoms with Gasteiger partial charge in [0.2, 0.25) is 10.0 Å². The Morgan fingerprint density at radius 2 is 1.68 bits per heavy atom. The Hall–Kier alpha value is -4.25. The number of ether oxygens (including phenoxy) is 1. The number of rotatable bonds is 7. The SMILES string of the molecule is CCN(c1cc2oc(-c3ccc(F)cc3)c(C(=O)NC)c2c(F)c1-c1cccc(C(=O)OC(C)(C)C)c1)S(C)(=O)=O. The number of fused-ring (bicyclic) bond motifs is 1. The van der Waals surface area contributed by atoms with E-state index < -0.39 is 39.1 Å². The number of benzene rings is 3. The molecule has 1 N–H and O–H groups in total. The number of hydrogen-bond donors (Lipinski definition) is 1. The Kier molecular flexibility index (Phi) is 7.95. The lowest BCUT2D eigenvalue weighted by atomic mass is 9.96. The lowest BCUT2D eigenvalue weighted by Crippen LogP contribution is -2.30. The predicted octanol–water partition coefficient (Wildman–Crippen LogP) is 6.15. The zero-order chi connectivity index (χ0) is 30.3. The molecule has 4 aromatic rings. The number of sulfonamides is 1. The van der Waals surface area contributed by atoms with Gasteiger partial charge in [-0.15, -0.1) is 0 Å². The van der Waals surface area contributed by atoms with Gasteiger partial charge in [0.05, 0.1) is 28.5 Å². The average molecular weight is 585 g/mol. The van der Waals surface area contributed by atoms with Crippen LogP contribution >= 0.6 is 0 Å². The summed E-state index contributed by atoms with van der Waals surface area (Å²) in [6, 6.07) is 12.4. The first-order valence-electron chi connectivity index (χ1n) is 12.7. The normalized spacial score (nSPS) is 11.9. The zero-order valence-electron chi connectivity index (χ0n) is 23.5. The summed E-state index contributed by atoms with van der Waals surface area (Å²) in [5, 5.41) is 2.28. The quantitative estimate of drug-likeness (QED) is 0.262. The molecule has 0 aliphatic heterocycles. The number of esters is 1. The summed E-state index contributed by atoms with van der Waals surface area (Å²) in [6.45, 7) is 6.68. The van der Waals surface area contributed by atoms with Crippen molar-refractivity contribution in [1.29, 1.82) is 0 Å². The van der Waals surface area contributed by atoms with Gasteiger partial charge in [-0.25, -0.2) is 22.0 Å². The highest BCUT2D eigenvalue weighted by Gasteiger charge is 2.31. The fraction of sp³-hybridized carbons (Fsp3) is 0.267. The smallest absolute Gasteiger partial charge is 0.338 e. The van der Waals surface area contributed by atoms with Crippen LogP contribution < -0.4 is 9.62 Å². The van der Waals surface area contributed by atoms with E-state index in [1.54, 1.807) is 27.7 Å². The van der Waals surface area contributed by atoms with Crippen molar-refractivity contribution in [1.82, 2.24) is 5.32 Å². The van der Waals surface area contributed by atoms with Gasteiger partial charge in [-0.1, -0.05) is 12.1 Å². The van der Waals surface area contributed by atoms with Crippen molar-refractivity contribution >= 4 is 38.6 Å². The fourth-order valence-electron chi connectivity index (χ4n) is 4.54. The summed E-state index contributed by atoms with van der Waals surface area (Å²) in [7, 11) is -2.53. The molecule has 8 nitrogen and oxygen atoms in total. The molecule has 3 aromatic carbocycles. The molecular weight excluding hydrogens is 554 g/mol. The molecule has 0 fully saturated rings. The third kappa shape index (κ3) is 5.95. The predicted molar refractivity (Wildman–Crippen MR) is 153 cm³/mol. The molecule has 1 aromatic heterocycles. The Morgan fingerprint density at radius 3 is 2.24 bits per heavy atom. The van der Waals surface area contributed by atoms with Crippen LogP contribution in [-0.2, 0) is 14.8 Å². The fourth-order valence-corrected chi connectivity index (χ4v) is 5.51. The van der Waals surface area contributed by atoms with E-state index in [9.17, 15) is 22.4 Å². The van der Waals surface area contributed by atoms with E-state index in [0.717, 1.165) is 10.6 Å². The monoisotopic (exact) mass is 584 g/mol. The van der Waals surface area contributed by atoms with Gasteiger partial charge in [-0.3, -0.25) is 9.10 Å². The van der Waals surface area contributed by atoms with Gasteiger partial charge in [0, 0.05) is 30.8 Å². The van der Waals surface area contributed by atoms with Crippen LogP contribution in [0.5, 0.6) is 0 Å². The van der Waals surface area contributed by atoms with Crippen molar-refractivity contribution < 1.29 is 35.9 Å². The molecule has 0 aliphatic rings. The van der Waals surface area contributed by atoms with Crippen molar-refractivity contribution in [2.24, 2.45) is 0 Å². The van der Waals surface area contributed by atoms with Gasteiger partial charge in [0.25, 0.3) is 5.91 Å². The Bertz CT molecular complexity index is 1760. The highest BCUT2D eigenvalue weighted by Crippen LogP contribution is 2.44. The lowest BCUT2D eigenvalue weighted by molar-refractivity contribution is 0.00694. The van der Waals surface area contributed by atoms with Gasteiger partial charge in [-0.2, -0.15) is 0 Å². The number of nitrogens with zero attached hydrogens (tertiary/aromatic N) is 1. The topological polar surface area (TPSA) is 106 Å². The average Bonchev–Trinajstić information content (AvgIpc) is 3.27. The van der Waals surface area contributed by atoms with Crippen molar-refractivity contribution in [3.05, 3.63) is 77.4 Å². The van der Waals surface area contributed by atoms with Gasteiger partial charge in [-0.05, 0) is 69.7 Å². The summed E-state index contributed by atoms with van der Waals surface area (Å²) < 4.78 is 68.5. The van der Waals surface area contributed by atoms with Crippen LogP contribution in [0.3, 0.4) is 0 Å². The molecular formula is C30H30F2N2O6S. The minimum atomic E-state index is -3.90. The van der Waals surface area contributed by atoms with Crippen molar-refractivity contribution in [3.63, 3.8) is 0 Å². The molecule has 0 spiro atoms. The van der Waals surface area contributed by atoms with Gasteiger partial charge in [0.1, 0.15) is 28.6 Å². The minimum Gasteiger partial charge on any atom is -0.456 e. The van der Waals surface area contributed by atoms with Crippen LogP contribution in [0.2, 0.25) is 0 Å². The lowest BCUT2D eigenvalue weighted by Gasteiger charge is -2.24. The molecule has 0 bridgehead atoms. The van der Waals surface area contributed by atoms with Crippen LogP contribution in [0.1, 0.15) is 48.4 Å². The second-order valence-electron chi connectivity index (χ2n) is 10.4. The number of anilines is 1. The molecule has 0 saturated carbocycles. The first-order chi connectivity index (χ1) is 19.2. The van der Waals surface area contributed by atoms with E-state index in [1.165, 1.54) is 61.6 Å². The Balaban J connectivity index is 2.10. The second kappa shape index (κ2) is 11.0. The molecule has 0 unspecified atom stereocenters. The molecule has 1 heterocycles. The van der Waals surface area contributed by atoms with Crippen LogP contribution in [0.4, 0.5) is 14.5 Å². The maximum atomic E-state index is 16.8. The van der Waals surface area contributed by atoms with Crippen LogP contribution in [0, 0.1) is 11.6 Å². The minimum absolute atomic E-state index is 0.0220. The standard InChI is InChI=1S/C30H30F2N2O6S/c1-7-34(41(6,37)38)21-16-22-24(25(28(35)33-5)27(39-22)17-11-13-20(31)14-12-17)26(32)23(21)18-9-8-10-19(15-18)29(36)40-30(2,3)4/h8-16H,7H2,1-6H3,(H,33,35). The van der Waals surface area contributed by atoms with E-state index in [2.05, 4.69) is 5.32 Å². The number of amides is 1. The number of carbonyl (C=O) groups excluding carboxylic acids is 2. The first-order valence-corrected chi connectivity index (χ1v) is 14.6. The molecule has 11 heteroatoms. The van der Waals surface area contributed by atoms with Gasteiger partial charge < -0.3 is 14.5 Å². The van der Waals surface area contributed by atoms with E-state index in [1.807, 2.05) is 0 Å². The Labute approximate surface area is 237 Å². The maximum Gasteiger partial charge on any atom is 0.338 e. The number of furan rings is 1. The number of halogens is 2. The largest absolute Gasteiger partial charge is 0.456 e. The molecule has 0 aliphatic carbocycles. The van der Waals surface area contributed by atoms with E-state index in [-0.39, 0.29) is 51.2 Å². The van der Waals surface area contributed by atoms with Crippen molar-refractivity contribution in [3.8, 4) is 22.5 Å². The van der Waals surface area contributed by atoms with Gasteiger partial charge >= 0.3 is 5.97 Å². The molecule has 0 atom stereocenters. The molecule has 4 rings (SSSR count). The molecule has 0 saturated heterocycles. The number of hydrogen-bond acceptors (Lipinski definition) is 6. The summed E-state index contributed by atoms with van der Waals surface area (Å²) in [5.41, 5.74) is -0.627. The van der Waals surface area contributed by atoms with E-state index >= 15 is 4.39 Å². The van der Waals surface area contributed by atoms with Crippen LogP contribution in [0.15, 0.2) is 59.0 Å². The van der Waals surface area contributed by atoms with Crippen molar-refractivity contribution in [2.75, 3.05) is 24.2 Å². The first kappa shape index (κ1) is 29.7. The van der Waals surface area contributed by atoms with Crippen LogP contribution in [0.25, 0.3) is 33.4 Å². The van der Waals surface area contributed by atoms with E-state index in [4.69, 9.17) is 9.15 Å². The number of nitrogens with one attached hydrogen (secondary N) is 1. The molecule has 1 amide bonds.